The number of hydrogen-bond donors (Lipinski definition) is 1. The van der Waals surface area contributed by atoms with Crippen molar-refractivity contribution in [3.8, 4) is 0 Å². The SMILES string of the molecule is C=C1Nc2cccc(Cc3ccccc3)c2N=C1C. The Morgan fingerprint density at radius 3 is 2.63 bits per heavy atom. The molecule has 1 aliphatic heterocycles. The number of anilines is 1. The van der Waals surface area contributed by atoms with Crippen LogP contribution in [0.4, 0.5) is 11.4 Å². The molecule has 0 aromatic heterocycles. The standard InChI is InChI=1S/C17H16N2/c1-12-13(2)19-17-15(9-6-10-16(17)18-12)11-14-7-4-3-5-8-14/h3-10,18H,1,11H2,2H3. The van der Waals surface area contributed by atoms with Gasteiger partial charge in [0, 0.05) is 0 Å². The van der Waals surface area contributed by atoms with E-state index in [-0.39, 0.29) is 0 Å². The number of nitrogens with zero attached hydrogens (tertiary/aromatic N) is 1. The molecule has 0 atom stereocenters. The molecule has 1 aliphatic rings. The minimum Gasteiger partial charge on any atom is -0.353 e. The Labute approximate surface area is 113 Å². The maximum absolute atomic E-state index is 4.68. The highest BCUT2D eigenvalue weighted by Gasteiger charge is 2.14. The number of benzene rings is 2. The molecule has 19 heavy (non-hydrogen) atoms. The summed E-state index contributed by atoms with van der Waals surface area (Å²) in [5.41, 5.74) is 6.45. The largest absolute Gasteiger partial charge is 0.353 e. The van der Waals surface area contributed by atoms with Gasteiger partial charge >= 0.3 is 0 Å². The second kappa shape index (κ2) is 4.73. The van der Waals surface area contributed by atoms with Gasteiger partial charge in [0.25, 0.3) is 0 Å². The second-order valence-electron chi connectivity index (χ2n) is 4.78. The molecule has 0 aliphatic carbocycles. The van der Waals surface area contributed by atoms with Crippen LogP contribution in [0, 0.1) is 0 Å². The topological polar surface area (TPSA) is 24.4 Å². The van der Waals surface area contributed by atoms with Gasteiger partial charge in [0.1, 0.15) is 0 Å². The van der Waals surface area contributed by atoms with Crippen molar-refractivity contribution >= 4 is 17.1 Å². The molecular weight excluding hydrogens is 232 g/mol. The van der Waals surface area contributed by atoms with Gasteiger partial charge in [0.05, 0.1) is 22.8 Å². The molecule has 1 heterocycles. The zero-order valence-electron chi connectivity index (χ0n) is 11.0. The molecule has 0 radical (unpaired) electrons. The highest BCUT2D eigenvalue weighted by molar-refractivity contribution is 6.05. The third kappa shape index (κ3) is 2.29. The number of hydrogen-bond acceptors (Lipinski definition) is 2. The Hall–Kier alpha value is -2.35. The monoisotopic (exact) mass is 248 g/mol. The van der Waals surface area contributed by atoms with E-state index < -0.39 is 0 Å². The van der Waals surface area contributed by atoms with Crippen LogP contribution in [0.2, 0.25) is 0 Å². The first-order chi connectivity index (χ1) is 9.24. The fourth-order valence-corrected chi connectivity index (χ4v) is 2.27. The van der Waals surface area contributed by atoms with Gasteiger partial charge in [-0.05, 0) is 30.5 Å². The Kier molecular flexibility index (Phi) is 2.92. The van der Waals surface area contributed by atoms with Crippen molar-refractivity contribution in [3.05, 3.63) is 71.9 Å². The zero-order valence-corrected chi connectivity index (χ0v) is 11.0. The molecule has 94 valence electrons. The van der Waals surface area contributed by atoms with Crippen molar-refractivity contribution in [2.75, 3.05) is 5.32 Å². The molecule has 0 spiro atoms. The first kappa shape index (κ1) is 11.7. The quantitative estimate of drug-likeness (QED) is 0.841. The summed E-state index contributed by atoms with van der Waals surface area (Å²) in [6.45, 7) is 5.95. The molecule has 2 nitrogen and oxygen atoms in total. The zero-order chi connectivity index (χ0) is 13.2. The van der Waals surface area contributed by atoms with Gasteiger partial charge in [-0.3, -0.25) is 0 Å². The van der Waals surface area contributed by atoms with Gasteiger partial charge in [-0.2, -0.15) is 0 Å². The van der Waals surface area contributed by atoms with Crippen LogP contribution in [0.1, 0.15) is 18.1 Å². The third-order valence-corrected chi connectivity index (χ3v) is 3.36. The van der Waals surface area contributed by atoms with Crippen molar-refractivity contribution in [3.63, 3.8) is 0 Å². The summed E-state index contributed by atoms with van der Waals surface area (Å²) in [6.07, 6.45) is 0.898. The molecule has 0 saturated carbocycles. The molecule has 2 heteroatoms. The number of rotatable bonds is 2. The van der Waals surface area contributed by atoms with E-state index in [1.54, 1.807) is 0 Å². The molecular formula is C17H16N2. The normalized spacial score (nSPS) is 13.5. The van der Waals surface area contributed by atoms with E-state index in [0.717, 1.165) is 29.2 Å². The van der Waals surface area contributed by atoms with Crippen molar-refractivity contribution in [2.45, 2.75) is 13.3 Å². The van der Waals surface area contributed by atoms with Crippen LogP contribution < -0.4 is 5.32 Å². The highest BCUT2D eigenvalue weighted by atomic mass is 15.0. The molecule has 1 N–H and O–H groups in total. The summed E-state index contributed by atoms with van der Waals surface area (Å²) in [5, 5.41) is 3.31. The number of para-hydroxylation sites is 1. The minimum atomic E-state index is 0.879. The molecule has 0 bridgehead atoms. The maximum Gasteiger partial charge on any atom is 0.0903 e. The Balaban J connectivity index is 2.02. The molecule has 3 rings (SSSR count). The van der Waals surface area contributed by atoms with E-state index in [9.17, 15) is 0 Å². The lowest BCUT2D eigenvalue weighted by Gasteiger charge is -2.20. The number of aliphatic imine (C=N–C) groups is 1. The number of nitrogens with one attached hydrogen (secondary N) is 1. The summed E-state index contributed by atoms with van der Waals surface area (Å²) in [7, 11) is 0. The summed E-state index contributed by atoms with van der Waals surface area (Å²) in [6, 6.07) is 16.7. The van der Waals surface area contributed by atoms with E-state index >= 15 is 0 Å². The number of fused-ring (bicyclic) bond motifs is 1. The highest BCUT2D eigenvalue weighted by Crippen LogP contribution is 2.35. The Morgan fingerprint density at radius 1 is 1.05 bits per heavy atom. The molecule has 0 amide bonds. The number of allylic oxidation sites excluding steroid dienone is 1. The van der Waals surface area contributed by atoms with Crippen molar-refractivity contribution in [1.29, 1.82) is 0 Å². The Bertz CT molecular complexity index is 654. The van der Waals surface area contributed by atoms with E-state index in [0.29, 0.717) is 0 Å². The van der Waals surface area contributed by atoms with E-state index in [1.165, 1.54) is 11.1 Å². The molecule has 0 unspecified atom stereocenters. The lowest BCUT2D eigenvalue weighted by molar-refractivity contribution is 1.17. The van der Waals surface area contributed by atoms with Crippen molar-refractivity contribution in [2.24, 2.45) is 4.99 Å². The van der Waals surface area contributed by atoms with Gasteiger partial charge in [0.15, 0.2) is 0 Å². The smallest absolute Gasteiger partial charge is 0.0903 e. The molecule has 2 aromatic carbocycles. The lowest BCUT2D eigenvalue weighted by Crippen LogP contribution is -2.11. The average Bonchev–Trinajstić information content (AvgIpc) is 2.42. The van der Waals surface area contributed by atoms with Crippen LogP contribution in [0.3, 0.4) is 0 Å². The van der Waals surface area contributed by atoms with Crippen molar-refractivity contribution < 1.29 is 0 Å². The van der Waals surface area contributed by atoms with Crippen LogP contribution in [-0.4, -0.2) is 5.71 Å². The van der Waals surface area contributed by atoms with Crippen LogP contribution in [0.5, 0.6) is 0 Å². The fraction of sp³-hybridized carbons (Fsp3) is 0.118. The van der Waals surface area contributed by atoms with Gasteiger partial charge in [-0.1, -0.05) is 49.0 Å². The Morgan fingerprint density at radius 2 is 1.84 bits per heavy atom. The first-order valence-electron chi connectivity index (χ1n) is 6.41. The first-order valence-corrected chi connectivity index (χ1v) is 6.41. The summed E-state index contributed by atoms with van der Waals surface area (Å²) >= 11 is 0. The van der Waals surface area contributed by atoms with Crippen LogP contribution in [0.15, 0.2) is 65.8 Å². The maximum atomic E-state index is 4.68. The van der Waals surface area contributed by atoms with E-state index in [1.807, 2.05) is 19.1 Å². The van der Waals surface area contributed by atoms with Crippen molar-refractivity contribution in [1.82, 2.24) is 0 Å². The lowest BCUT2D eigenvalue weighted by atomic mass is 10.0. The van der Waals surface area contributed by atoms with Crippen LogP contribution >= 0.6 is 0 Å². The minimum absolute atomic E-state index is 0.879. The molecule has 0 saturated heterocycles. The summed E-state index contributed by atoms with van der Waals surface area (Å²) in [5.74, 6) is 0. The fourth-order valence-electron chi connectivity index (χ4n) is 2.27. The van der Waals surface area contributed by atoms with Gasteiger partial charge in [-0.25, -0.2) is 4.99 Å². The van der Waals surface area contributed by atoms with Crippen LogP contribution in [0.25, 0.3) is 0 Å². The van der Waals surface area contributed by atoms with E-state index in [2.05, 4.69) is 53.3 Å². The molecule has 2 aromatic rings. The predicted octanol–water partition coefficient (Wildman–Crippen LogP) is 4.31. The van der Waals surface area contributed by atoms with Gasteiger partial charge < -0.3 is 5.32 Å². The van der Waals surface area contributed by atoms with Crippen LogP contribution in [-0.2, 0) is 6.42 Å². The van der Waals surface area contributed by atoms with E-state index in [4.69, 9.17) is 0 Å². The van der Waals surface area contributed by atoms with Gasteiger partial charge in [-0.15, -0.1) is 0 Å². The molecule has 0 fully saturated rings. The summed E-state index contributed by atoms with van der Waals surface area (Å²) in [4.78, 5) is 4.68. The predicted molar refractivity (Wildman–Crippen MR) is 81.2 cm³/mol. The van der Waals surface area contributed by atoms with Gasteiger partial charge in [0.2, 0.25) is 0 Å². The second-order valence-corrected chi connectivity index (χ2v) is 4.78. The summed E-state index contributed by atoms with van der Waals surface area (Å²) < 4.78 is 0. The average molecular weight is 248 g/mol. The third-order valence-electron chi connectivity index (χ3n) is 3.36.